The molecule has 0 radical (unpaired) electrons. The van der Waals surface area contributed by atoms with Crippen molar-refractivity contribution in [3.63, 3.8) is 0 Å². The number of esters is 1. The number of fused-ring (bicyclic) bond motifs is 1. The van der Waals surface area contributed by atoms with Crippen molar-refractivity contribution in [2.24, 2.45) is 0 Å². The Morgan fingerprint density at radius 3 is 2.77 bits per heavy atom. The van der Waals surface area contributed by atoms with Gasteiger partial charge in [0.2, 0.25) is 0 Å². The van der Waals surface area contributed by atoms with Gasteiger partial charge >= 0.3 is 5.97 Å². The van der Waals surface area contributed by atoms with Gasteiger partial charge in [-0.1, -0.05) is 18.2 Å². The molecule has 0 atom stereocenters. The van der Waals surface area contributed by atoms with Gasteiger partial charge in [0.15, 0.2) is 5.69 Å². The smallest absolute Gasteiger partial charge is 0.361 e. The molecule has 30 heavy (non-hydrogen) atoms. The number of methoxy groups -OCH3 is 1. The van der Waals surface area contributed by atoms with Gasteiger partial charge in [-0.05, 0) is 37.3 Å². The van der Waals surface area contributed by atoms with E-state index in [1.54, 1.807) is 26.3 Å². The van der Waals surface area contributed by atoms with E-state index in [0.717, 1.165) is 16.5 Å². The second-order valence-electron chi connectivity index (χ2n) is 6.39. The molecule has 0 bridgehead atoms. The highest BCUT2D eigenvalue weighted by molar-refractivity contribution is 5.94. The lowest BCUT2D eigenvalue weighted by Gasteiger charge is -2.13. The minimum Gasteiger partial charge on any atom is -0.496 e. The van der Waals surface area contributed by atoms with Crippen molar-refractivity contribution in [1.29, 1.82) is 0 Å². The van der Waals surface area contributed by atoms with Crippen LogP contribution in [0.25, 0.3) is 22.2 Å². The molecule has 0 aliphatic rings. The quantitative estimate of drug-likeness (QED) is 0.468. The Kier molecular flexibility index (Phi) is 5.56. The minimum atomic E-state index is -0.531. The highest BCUT2D eigenvalue weighted by Crippen LogP contribution is 2.29. The van der Waals surface area contributed by atoms with Crippen LogP contribution < -0.4 is 9.47 Å². The van der Waals surface area contributed by atoms with Crippen molar-refractivity contribution < 1.29 is 19.0 Å². The average molecular weight is 404 g/mol. The molecule has 8 heteroatoms. The van der Waals surface area contributed by atoms with Gasteiger partial charge in [0, 0.05) is 22.7 Å². The molecular weight excluding hydrogens is 384 g/mol. The highest BCUT2D eigenvalue weighted by Gasteiger charge is 2.20. The van der Waals surface area contributed by atoms with Crippen molar-refractivity contribution in [1.82, 2.24) is 20.4 Å². The molecule has 0 aliphatic heterocycles. The zero-order chi connectivity index (χ0) is 20.9. The van der Waals surface area contributed by atoms with Crippen LogP contribution in [0.3, 0.4) is 0 Å². The number of nitrogens with zero attached hydrogens (tertiary/aromatic N) is 3. The van der Waals surface area contributed by atoms with Crippen LogP contribution in [0.5, 0.6) is 11.5 Å². The molecule has 0 saturated carbocycles. The van der Waals surface area contributed by atoms with Crippen LogP contribution in [0.1, 0.15) is 23.0 Å². The molecular formula is C22H20N4O4. The first kappa shape index (κ1) is 19.4. The van der Waals surface area contributed by atoms with Crippen molar-refractivity contribution in [2.75, 3.05) is 13.7 Å². The second-order valence-corrected chi connectivity index (χ2v) is 6.39. The van der Waals surface area contributed by atoms with E-state index in [1.807, 2.05) is 42.5 Å². The van der Waals surface area contributed by atoms with Crippen LogP contribution in [0.2, 0.25) is 0 Å². The molecule has 0 amide bonds. The number of hydrogen-bond donors (Lipinski definition) is 1. The first-order valence-corrected chi connectivity index (χ1v) is 9.43. The lowest BCUT2D eigenvalue weighted by Crippen LogP contribution is -2.07. The Morgan fingerprint density at radius 2 is 1.93 bits per heavy atom. The van der Waals surface area contributed by atoms with E-state index in [4.69, 9.17) is 14.2 Å². The van der Waals surface area contributed by atoms with Gasteiger partial charge in [0.1, 0.15) is 29.3 Å². The van der Waals surface area contributed by atoms with E-state index in [9.17, 15) is 4.79 Å². The molecule has 0 unspecified atom stereocenters. The molecule has 0 saturated heterocycles. The van der Waals surface area contributed by atoms with Gasteiger partial charge < -0.3 is 14.2 Å². The Bertz CT molecular complexity index is 1180. The summed E-state index contributed by atoms with van der Waals surface area (Å²) in [4.78, 5) is 16.6. The SMILES string of the molecule is CCOC(=O)c1n[nH]nc1-c1ccc(OC)c(COc2cccc3cccnc23)c1. The summed E-state index contributed by atoms with van der Waals surface area (Å²) in [5.41, 5.74) is 2.82. The molecule has 0 spiro atoms. The van der Waals surface area contributed by atoms with E-state index in [1.165, 1.54) is 0 Å². The lowest BCUT2D eigenvalue weighted by atomic mass is 10.1. The molecule has 4 aromatic rings. The zero-order valence-electron chi connectivity index (χ0n) is 16.6. The largest absolute Gasteiger partial charge is 0.496 e. The molecule has 1 N–H and O–H groups in total. The predicted molar refractivity (Wildman–Crippen MR) is 110 cm³/mol. The topological polar surface area (TPSA) is 99.2 Å². The number of rotatable bonds is 7. The zero-order valence-corrected chi connectivity index (χ0v) is 16.6. The lowest BCUT2D eigenvalue weighted by molar-refractivity contribution is 0.0520. The summed E-state index contributed by atoms with van der Waals surface area (Å²) in [6.07, 6.45) is 1.73. The summed E-state index contributed by atoms with van der Waals surface area (Å²) in [5.74, 6) is 0.805. The van der Waals surface area contributed by atoms with Gasteiger partial charge in [0.05, 0.1) is 13.7 Å². The fraction of sp³-hybridized carbons (Fsp3) is 0.182. The number of carbonyl (C=O) groups excluding carboxylic acids is 1. The third-order valence-corrected chi connectivity index (χ3v) is 4.55. The normalized spacial score (nSPS) is 10.7. The maximum Gasteiger partial charge on any atom is 0.361 e. The number of aromatic nitrogens is 4. The number of aromatic amines is 1. The molecule has 4 rings (SSSR count). The molecule has 152 valence electrons. The summed E-state index contributed by atoms with van der Waals surface area (Å²) in [5, 5.41) is 11.5. The number of para-hydroxylation sites is 1. The van der Waals surface area contributed by atoms with Gasteiger partial charge in [-0.3, -0.25) is 4.98 Å². The predicted octanol–water partition coefficient (Wildman–Crippen LogP) is 3.78. The Morgan fingerprint density at radius 1 is 1.07 bits per heavy atom. The number of hydrogen-bond acceptors (Lipinski definition) is 7. The van der Waals surface area contributed by atoms with E-state index < -0.39 is 5.97 Å². The van der Waals surface area contributed by atoms with E-state index in [2.05, 4.69) is 20.4 Å². The van der Waals surface area contributed by atoms with Gasteiger partial charge in [-0.25, -0.2) is 4.79 Å². The first-order chi connectivity index (χ1) is 14.7. The van der Waals surface area contributed by atoms with Crippen LogP contribution in [0.15, 0.2) is 54.7 Å². The van der Waals surface area contributed by atoms with E-state index in [-0.39, 0.29) is 18.9 Å². The van der Waals surface area contributed by atoms with Crippen molar-refractivity contribution in [2.45, 2.75) is 13.5 Å². The Hall–Kier alpha value is -3.94. The maximum atomic E-state index is 12.1. The van der Waals surface area contributed by atoms with E-state index in [0.29, 0.717) is 22.8 Å². The summed E-state index contributed by atoms with van der Waals surface area (Å²) in [6.45, 7) is 2.24. The summed E-state index contributed by atoms with van der Waals surface area (Å²) in [6, 6.07) is 15.1. The first-order valence-electron chi connectivity index (χ1n) is 9.43. The fourth-order valence-electron chi connectivity index (χ4n) is 3.16. The minimum absolute atomic E-state index is 0.132. The van der Waals surface area contributed by atoms with Crippen LogP contribution in [0, 0.1) is 0 Å². The monoisotopic (exact) mass is 404 g/mol. The molecule has 2 heterocycles. The molecule has 0 fully saturated rings. The number of benzene rings is 2. The summed E-state index contributed by atoms with van der Waals surface area (Å²) >= 11 is 0. The number of carbonyl (C=O) groups is 1. The van der Waals surface area contributed by atoms with Gasteiger partial charge in [-0.15, -0.1) is 5.10 Å². The molecule has 2 aromatic carbocycles. The van der Waals surface area contributed by atoms with Crippen molar-refractivity contribution >= 4 is 16.9 Å². The van der Waals surface area contributed by atoms with Crippen molar-refractivity contribution in [3.05, 3.63) is 66.0 Å². The summed E-state index contributed by atoms with van der Waals surface area (Å²) < 4.78 is 16.6. The summed E-state index contributed by atoms with van der Waals surface area (Å²) in [7, 11) is 1.60. The second kappa shape index (κ2) is 8.60. The van der Waals surface area contributed by atoms with Crippen LogP contribution >= 0.6 is 0 Å². The van der Waals surface area contributed by atoms with Crippen LogP contribution in [-0.2, 0) is 11.3 Å². The van der Waals surface area contributed by atoms with Crippen LogP contribution in [-0.4, -0.2) is 40.1 Å². The number of H-pyrrole nitrogens is 1. The third-order valence-electron chi connectivity index (χ3n) is 4.55. The number of nitrogens with one attached hydrogen (secondary N) is 1. The average Bonchev–Trinajstić information content (AvgIpc) is 3.28. The number of pyridine rings is 1. The van der Waals surface area contributed by atoms with Gasteiger partial charge in [0.25, 0.3) is 0 Å². The standard InChI is InChI=1S/C22H20N4O4/c1-3-29-22(27)21-20(24-26-25-21)15-9-10-17(28-2)16(12-15)13-30-18-8-4-6-14-7-5-11-23-19(14)18/h4-12H,3,13H2,1-2H3,(H,24,25,26). The van der Waals surface area contributed by atoms with Crippen LogP contribution in [0.4, 0.5) is 0 Å². The third kappa shape index (κ3) is 3.80. The molecule has 8 nitrogen and oxygen atoms in total. The van der Waals surface area contributed by atoms with Gasteiger partial charge in [-0.2, -0.15) is 10.3 Å². The van der Waals surface area contributed by atoms with Crippen molar-refractivity contribution in [3.8, 4) is 22.8 Å². The van der Waals surface area contributed by atoms with E-state index >= 15 is 0 Å². The Labute approximate surface area is 172 Å². The highest BCUT2D eigenvalue weighted by atomic mass is 16.5. The maximum absolute atomic E-state index is 12.1. The Balaban J connectivity index is 1.64. The molecule has 2 aromatic heterocycles. The fourth-order valence-corrected chi connectivity index (χ4v) is 3.16. The number of ether oxygens (including phenoxy) is 3. The molecule has 0 aliphatic carbocycles.